The highest BCUT2D eigenvalue weighted by molar-refractivity contribution is 6.04. The number of aryl methyl sites for hydroxylation is 1. The van der Waals surface area contributed by atoms with Crippen molar-refractivity contribution in [3.63, 3.8) is 0 Å². The average molecular weight is 371 g/mol. The molecule has 140 valence electrons. The lowest BCUT2D eigenvalue weighted by molar-refractivity contribution is 0.102. The number of hydrogen-bond donors (Lipinski definition) is 1. The summed E-state index contributed by atoms with van der Waals surface area (Å²) in [7, 11) is 0. The van der Waals surface area contributed by atoms with Crippen molar-refractivity contribution in [2.45, 2.75) is 38.6 Å². The summed E-state index contributed by atoms with van der Waals surface area (Å²) in [6, 6.07) is 16.3. The molecule has 0 fully saturated rings. The number of nitrogens with one attached hydrogen (secondary N) is 1. The molecular formula is C22H21N5O. The van der Waals surface area contributed by atoms with Crippen LogP contribution in [0.3, 0.4) is 0 Å². The van der Waals surface area contributed by atoms with Crippen LogP contribution in [0.5, 0.6) is 0 Å². The van der Waals surface area contributed by atoms with Crippen LogP contribution in [0.1, 0.15) is 47.4 Å². The summed E-state index contributed by atoms with van der Waals surface area (Å²) in [5.41, 5.74) is 2.76. The lowest BCUT2D eigenvalue weighted by Crippen LogP contribution is -2.11. The van der Waals surface area contributed by atoms with E-state index in [1.54, 1.807) is 24.3 Å². The zero-order chi connectivity index (χ0) is 19.3. The molecule has 3 aromatic rings. The number of aromatic nitrogens is 3. The number of benzene rings is 2. The van der Waals surface area contributed by atoms with Gasteiger partial charge in [-0.15, -0.1) is 10.2 Å². The number of carbonyl (C=O) groups is 1. The maximum Gasteiger partial charge on any atom is 0.255 e. The van der Waals surface area contributed by atoms with Crippen molar-refractivity contribution < 1.29 is 4.79 Å². The largest absolute Gasteiger partial charge is 0.322 e. The molecule has 0 aliphatic carbocycles. The Balaban J connectivity index is 1.50. The van der Waals surface area contributed by atoms with Crippen LogP contribution in [0.25, 0.3) is 11.4 Å². The normalized spacial score (nSPS) is 13.7. The van der Waals surface area contributed by atoms with Gasteiger partial charge in [-0.1, -0.05) is 12.8 Å². The number of hydrogen-bond acceptors (Lipinski definition) is 4. The van der Waals surface area contributed by atoms with E-state index in [0.29, 0.717) is 16.8 Å². The Morgan fingerprint density at radius 3 is 2.46 bits per heavy atom. The van der Waals surface area contributed by atoms with E-state index in [-0.39, 0.29) is 5.91 Å². The fraction of sp³-hybridized carbons (Fsp3) is 0.273. The second-order valence-corrected chi connectivity index (χ2v) is 6.98. The van der Waals surface area contributed by atoms with Gasteiger partial charge in [0.15, 0.2) is 5.82 Å². The van der Waals surface area contributed by atoms with Gasteiger partial charge in [-0.25, -0.2) is 0 Å². The molecule has 6 nitrogen and oxygen atoms in total. The number of amides is 1. The van der Waals surface area contributed by atoms with Gasteiger partial charge in [-0.3, -0.25) is 4.79 Å². The molecule has 1 aliphatic rings. The van der Waals surface area contributed by atoms with Crippen LogP contribution in [0.2, 0.25) is 0 Å². The van der Waals surface area contributed by atoms with Gasteiger partial charge >= 0.3 is 0 Å². The van der Waals surface area contributed by atoms with Gasteiger partial charge in [0.25, 0.3) is 5.91 Å². The van der Waals surface area contributed by atoms with E-state index < -0.39 is 0 Å². The molecule has 2 aromatic carbocycles. The van der Waals surface area contributed by atoms with Gasteiger partial charge in [0.1, 0.15) is 5.82 Å². The molecule has 0 spiro atoms. The van der Waals surface area contributed by atoms with Gasteiger partial charge in [0.2, 0.25) is 0 Å². The summed E-state index contributed by atoms with van der Waals surface area (Å²) in [6.45, 7) is 0.953. The van der Waals surface area contributed by atoms with Gasteiger partial charge in [0.05, 0.1) is 11.6 Å². The first-order valence-corrected chi connectivity index (χ1v) is 9.58. The van der Waals surface area contributed by atoms with Crippen LogP contribution in [-0.4, -0.2) is 20.7 Å². The highest BCUT2D eigenvalue weighted by Crippen LogP contribution is 2.24. The Bertz CT molecular complexity index is 1010. The number of anilines is 1. The van der Waals surface area contributed by atoms with Crippen molar-refractivity contribution in [1.29, 1.82) is 5.26 Å². The molecule has 0 unspecified atom stereocenters. The minimum Gasteiger partial charge on any atom is -0.322 e. The van der Waals surface area contributed by atoms with Gasteiger partial charge in [0, 0.05) is 29.8 Å². The van der Waals surface area contributed by atoms with Crippen molar-refractivity contribution in [2.24, 2.45) is 0 Å². The smallest absolute Gasteiger partial charge is 0.255 e. The predicted octanol–water partition coefficient (Wildman–Crippen LogP) is 4.19. The molecule has 1 aliphatic heterocycles. The van der Waals surface area contributed by atoms with Gasteiger partial charge < -0.3 is 9.88 Å². The van der Waals surface area contributed by atoms with Crippen LogP contribution >= 0.6 is 0 Å². The van der Waals surface area contributed by atoms with E-state index in [1.807, 2.05) is 30.3 Å². The molecule has 1 amide bonds. The molecule has 4 rings (SSSR count). The highest BCUT2D eigenvalue weighted by atomic mass is 16.1. The van der Waals surface area contributed by atoms with Crippen LogP contribution < -0.4 is 5.32 Å². The molecule has 0 bridgehead atoms. The van der Waals surface area contributed by atoms with E-state index in [9.17, 15) is 4.79 Å². The lowest BCUT2D eigenvalue weighted by Gasteiger charge is -2.13. The van der Waals surface area contributed by atoms with E-state index >= 15 is 0 Å². The van der Waals surface area contributed by atoms with Crippen molar-refractivity contribution in [3.8, 4) is 17.5 Å². The molecule has 0 atom stereocenters. The lowest BCUT2D eigenvalue weighted by atomic mass is 10.1. The Hall–Kier alpha value is -3.46. The van der Waals surface area contributed by atoms with E-state index in [1.165, 1.54) is 19.3 Å². The highest BCUT2D eigenvalue weighted by Gasteiger charge is 2.15. The quantitative estimate of drug-likeness (QED) is 0.748. The first-order valence-electron chi connectivity index (χ1n) is 9.58. The minimum absolute atomic E-state index is 0.204. The second-order valence-electron chi connectivity index (χ2n) is 6.98. The SMILES string of the molecule is N#Cc1ccc(C(=O)Nc2ccc(-c3nnc4n3CCCCCC4)cc2)cc1. The minimum atomic E-state index is -0.204. The van der Waals surface area contributed by atoms with Crippen molar-refractivity contribution in [1.82, 2.24) is 14.8 Å². The average Bonchev–Trinajstić information content (AvgIpc) is 3.10. The third-order valence-corrected chi connectivity index (χ3v) is 5.04. The van der Waals surface area contributed by atoms with Crippen molar-refractivity contribution >= 4 is 11.6 Å². The number of nitriles is 1. The number of fused-ring (bicyclic) bond motifs is 1. The van der Waals surface area contributed by atoms with Crippen LogP contribution in [0.4, 0.5) is 5.69 Å². The molecule has 28 heavy (non-hydrogen) atoms. The van der Waals surface area contributed by atoms with Gasteiger partial charge in [-0.2, -0.15) is 5.26 Å². The van der Waals surface area contributed by atoms with E-state index in [0.717, 1.165) is 36.6 Å². The summed E-state index contributed by atoms with van der Waals surface area (Å²) in [5, 5.41) is 20.5. The molecule has 1 aromatic heterocycles. The third-order valence-electron chi connectivity index (χ3n) is 5.04. The van der Waals surface area contributed by atoms with Crippen molar-refractivity contribution in [3.05, 3.63) is 65.5 Å². The standard InChI is InChI=1S/C22H21N5O/c23-15-16-6-8-18(9-7-16)22(28)24-19-12-10-17(11-13-19)21-26-25-20-5-3-1-2-4-14-27(20)21/h6-13H,1-5,14H2,(H,24,28). The maximum atomic E-state index is 12.4. The Kier molecular flexibility index (Phi) is 5.16. The fourth-order valence-electron chi connectivity index (χ4n) is 3.48. The number of carbonyl (C=O) groups excluding carboxylic acids is 1. The first kappa shape index (κ1) is 17.9. The zero-order valence-corrected chi connectivity index (χ0v) is 15.6. The molecule has 1 N–H and O–H groups in total. The summed E-state index contributed by atoms with van der Waals surface area (Å²) >= 11 is 0. The van der Waals surface area contributed by atoms with E-state index in [4.69, 9.17) is 5.26 Å². The monoisotopic (exact) mass is 371 g/mol. The molecular weight excluding hydrogens is 350 g/mol. The maximum absolute atomic E-state index is 12.4. The Labute approximate surface area is 163 Å². The summed E-state index contributed by atoms with van der Waals surface area (Å²) in [5.74, 6) is 1.75. The fourth-order valence-corrected chi connectivity index (χ4v) is 3.48. The van der Waals surface area contributed by atoms with Crippen molar-refractivity contribution in [2.75, 3.05) is 5.32 Å². The molecule has 6 heteroatoms. The number of rotatable bonds is 3. The van der Waals surface area contributed by atoms with E-state index in [2.05, 4.69) is 20.1 Å². The zero-order valence-electron chi connectivity index (χ0n) is 15.6. The van der Waals surface area contributed by atoms with Crippen LogP contribution in [-0.2, 0) is 13.0 Å². The topological polar surface area (TPSA) is 83.6 Å². The molecule has 0 saturated carbocycles. The Morgan fingerprint density at radius 1 is 0.964 bits per heavy atom. The molecule has 0 radical (unpaired) electrons. The Morgan fingerprint density at radius 2 is 1.71 bits per heavy atom. The predicted molar refractivity (Wildman–Crippen MR) is 107 cm³/mol. The van der Waals surface area contributed by atoms with Crippen LogP contribution in [0.15, 0.2) is 48.5 Å². The molecule has 2 heterocycles. The third kappa shape index (κ3) is 3.79. The van der Waals surface area contributed by atoms with Gasteiger partial charge in [-0.05, 0) is 61.4 Å². The number of nitrogens with zero attached hydrogens (tertiary/aromatic N) is 4. The molecule has 0 saturated heterocycles. The second kappa shape index (κ2) is 8.05. The summed E-state index contributed by atoms with van der Waals surface area (Å²) < 4.78 is 2.23. The summed E-state index contributed by atoms with van der Waals surface area (Å²) in [4.78, 5) is 12.4. The first-order chi connectivity index (χ1) is 13.7. The van der Waals surface area contributed by atoms with Crippen LogP contribution in [0, 0.1) is 11.3 Å². The summed E-state index contributed by atoms with van der Waals surface area (Å²) in [6.07, 6.45) is 5.80.